The second-order valence-corrected chi connectivity index (χ2v) is 11.4. The van der Waals surface area contributed by atoms with Crippen molar-refractivity contribution in [2.45, 2.75) is 0 Å². The molecular weight excluding hydrogens is 593 g/mol. The molecule has 0 aliphatic carbocycles. The zero-order valence-electron chi connectivity index (χ0n) is 44.3. The summed E-state index contributed by atoms with van der Waals surface area (Å²) in [5.74, 6) is 0. The first-order chi connectivity index (χ1) is 32.2. The normalized spacial score (nSPS) is 17.1. The van der Waals surface area contributed by atoms with Gasteiger partial charge in [-0.05, 0) is 83.4 Å². The van der Waals surface area contributed by atoms with E-state index in [1.54, 1.807) is 24.3 Å². The molecule has 1 heteroatoms. The van der Waals surface area contributed by atoms with Crippen molar-refractivity contribution in [1.82, 2.24) is 0 Å². The Hall–Kier alpha value is -6.44. The van der Waals surface area contributed by atoms with Crippen molar-refractivity contribution in [3.63, 3.8) is 0 Å². The third-order valence-electron chi connectivity index (χ3n) is 8.64. The molecule has 0 bridgehead atoms. The lowest BCUT2D eigenvalue weighted by atomic mass is 9.85. The molecule has 0 saturated carbocycles. The summed E-state index contributed by atoms with van der Waals surface area (Å²) >= 11 is 0. The van der Waals surface area contributed by atoms with Crippen LogP contribution in [0.15, 0.2) is 186 Å². The standard InChI is InChI=1S/C48H30O/c1-2-11-36-30-37(29-22-31(36)10-1)32-20-25-34(26-21-32)46-40-13-3-5-15-42(40)47(43-16-6-4-14-41(43)46)35-27-23-33(24-28-35)38-17-9-18-44-39-12-7-8-19-45(39)49-48(38)44/h1-30H/i1D,2D,3D,4D,5D,6D,10D,11D,13D,14D,15D,16D,20D,21D,22D,25D,26D,29D,30D. The van der Waals surface area contributed by atoms with Crippen LogP contribution in [0.2, 0.25) is 0 Å². The molecule has 1 nitrogen and oxygen atoms in total. The van der Waals surface area contributed by atoms with Crippen LogP contribution in [0.4, 0.5) is 0 Å². The van der Waals surface area contributed by atoms with E-state index in [9.17, 15) is 11.0 Å². The monoisotopic (exact) mass is 641 g/mol. The van der Waals surface area contributed by atoms with Crippen molar-refractivity contribution in [3.8, 4) is 44.5 Å². The molecule has 49 heavy (non-hydrogen) atoms. The smallest absolute Gasteiger partial charge is 0.143 e. The van der Waals surface area contributed by atoms with Crippen LogP contribution in [0.25, 0.3) is 98.8 Å². The molecule has 10 aromatic rings. The van der Waals surface area contributed by atoms with Crippen molar-refractivity contribution in [3.05, 3.63) is 182 Å². The minimum absolute atomic E-state index is 0.0282. The summed E-state index contributed by atoms with van der Waals surface area (Å²) in [6.07, 6.45) is 0. The highest BCUT2D eigenvalue weighted by atomic mass is 16.3. The van der Waals surface area contributed by atoms with Gasteiger partial charge in [0.2, 0.25) is 0 Å². The highest BCUT2D eigenvalue weighted by Gasteiger charge is 2.17. The first-order valence-corrected chi connectivity index (χ1v) is 15.3. The van der Waals surface area contributed by atoms with Crippen LogP contribution in [-0.4, -0.2) is 0 Å². The summed E-state index contributed by atoms with van der Waals surface area (Å²) in [6, 6.07) is 5.51. The van der Waals surface area contributed by atoms with Crippen LogP contribution in [0.5, 0.6) is 0 Å². The molecule has 0 aliphatic heterocycles. The molecule has 0 amide bonds. The van der Waals surface area contributed by atoms with Crippen molar-refractivity contribution >= 4 is 54.3 Å². The SMILES string of the molecule is [2H]c1c([2H])c(-c2c3c([2H])c([2H])c([2H])c([2H])c3c(-c3ccc(-c4cccc5c4oc4ccccc45)cc3)c3c([2H])c([2H])c([2H])c([2H])c23)c([2H])c([2H])c1-c1c([2H])c([2H])c2c([2H])c([2H])c([2H])c([2H])c2c1[2H]. The van der Waals surface area contributed by atoms with E-state index in [2.05, 4.69) is 0 Å². The number of furan rings is 1. The van der Waals surface area contributed by atoms with E-state index in [-0.39, 0.29) is 32.7 Å². The predicted octanol–water partition coefficient (Wildman–Crippen LogP) is 13.7. The maximum Gasteiger partial charge on any atom is 0.143 e. The molecule has 0 saturated heterocycles. The average molecular weight is 642 g/mol. The molecule has 0 radical (unpaired) electrons. The second-order valence-electron chi connectivity index (χ2n) is 11.4. The first-order valence-electron chi connectivity index (χ1n) is 24.8. The lowest BCUT2D eigenvalue weighted by molar-refractivity contribution is 0.670. The Bertz CT molecular complexity index is 3840. The average Bonchev–Trinajstić information content (AvgIpc) is 3.72. The molecule has 10 rings (SSSR count). The van der Waals surface area contributed by atoms with Gasteiger partial charge in [-0.3, -0.25) is 0 Å². The van der Waals surface area contributed by atoms with Crippen LogP contribution >= 0.6 is 0 Å². The summed E-state index contributed by atoms with van der Waals surface area (Å²) in [7, 11) is 0. The van der Waals surface area contributed by atoms with Crippen molar-refractivity contribution in [1.29, 1.82) is 0 Å². The van der Waals surface area contributed by atoms with Crippen LogP contribution in [-0.2, 0) is 0 Å². The number of rotatable bonds is 4. The van der Waals surface area contributed by atoms with Gasteiger partial charge >= 0.3 is 0 Å². The van der Waals surface area contributed by atoms with Gasteiger partial charge < -0.3 is 4.42 Å². The Kier molecular flexibility index (Phi) is 3.34. The summed E-state index contributed by atoms with van der Waals surface area (Å²) < 4.78 is 177. The topological polar surface area (TPSA) is 13.1 Å². The Morgan fingerprint density at radius 1 is 0.367 bits per heavy atom. The number of hydrogen-bond donors (Lipinski definition) is 0. The Morgan fingerprint density at radius 3 is 1.63 bits per heavy atom. The maximum atomic E-state index is 9.49. The lowest BCUT2D eigenvalue weighted by Crippen LogP contribution is -1.91. The van der Waals surface area contributed by atoms with Gasteiger partial charge in [0.25, 0.3) is 0 Å². The lowest BCUT2D eigenvalue weighted by Gasteiger charge is -2.18. The molecular formula is C48H30O. The summed E-state index contributed by atoms with van der Waals surface area (Å²) in [5, 5.41) is -0.430. The number of benzene rings is 9. The Morgan fingerprint density at radius 2 is 0.918 bits per heavy atom. The largest absolute Gasteiger partial charge is 0.455 e. The number of hydrogen-bond acceptors (Lipinski definition) is 1. The maximum absolute atomic E-state index is 9.49. The van der Waals surface area contributed by atoms with E-state index in [4.69, 9.17) is 19.5 Å². The molecule has 0 atom stereocenters. The molecule has 0 unspecified atom stereocenters. The van der Waals surface area contributed by atoms with Gasteiger partial charge in [0.1, 0.15) is 11.2 Å². The van der Waals surface area contributed by atoms with Gasteiger partial charge in [-0.15, -0.1) is 0 Å². The summed E-state index contributed by atoms with van der Waals surface area (Å²) in [5.41, 5.74) is 0.507. The van der Waals surface area contributed by atoms with Gasteiger partial charge in [-0.25, -0.2) is 0 Å². The van der Waals surface area contributed by atoms with Crippen LogP contribution in [0.1, 0.15) is 26.0 Å². The third kappa shape index (κ3) is 4.47. The zero-order chi connectivity index (χ0) is 48.8. The zero-order valence-corrected chi connectivity index (χ0v) is 25.3. The summed E-state index contributed by atoms with van der Waals surface area (Å²) in [6.45, 7) is 0. The quantitative estimate of drug-likeness (QED) is 0.174. The van der Waals surface area contributed by atoms with Gasteiger partial charge in [0, 0.05) is 16.3 Å². The fourth-order valence-electron chi connectivity index (χ4n) is 6.42. The van der Waals surface area contributed by atoms with E-state index in [1.165, 1.54) is 0 Å². The van der Waals surface area contributed by atoms with Crippen molar-refractivity contribution in [2.24, 2.45) is 0 Å². The molecule has 0 fully saturated rings. The highest BCUT2D eigenvalue weighted by molar-refractivity contribution is 6.21. The second kappa shape index (κ2) is 11.1. The van der Waals surface area contributed by atoms with Gasteiger partial charge in [0.05, 0.1) is 26.0 Å². The van der Waals surface area contributed by atoms with E-state index in [0.717, 1.165) is 16.3 Å². The highest BCUT2D eigenvalue weighted by Crippen LogP contribution is 2.44. The first kappa shape index (κ1) is 14.8. The molecule has 1 aromatic heterocycles. The minimum atomic E-state index is -0.912. The fourth-order valence-corrected chi connectivity index (χ4v) is 6.42. The molecule has 228 valence electrons. The van der Waals surface area contributed by atoms with Gasteiger partial charge in [-0.2, -0.15) is 0 Å². The van der Waals surface area contributed by atoms with E-state index in [1.807, 2.05) is 42.5 Å². The minimum Gasteiger partial charge on any atom is -0.455 e. The summed E-state index contributed by atoms with van der Waals surface area (Å²) in [4.78, 5) is 0. The van der Waals surface area contributed by atoms with E-state index < -0.39 is 148 Å². The van der Waals surface area contributed by atoms with Crippen LogP contribution in [0, 0.1) is 0 Å². The Balaban J connectivity index is 1.31. The Labute approximate surface area is 311 Å². The number of para-hydroxylation sites is 2. The van der Waals surface area contributed by atoms with Crippen molar-refractivity contribution < 1.29 is 30.5 Å². The predicted molar refractivity (Wildman–Crippen MR) is 208 cm³/mol. The van der Waals surface area contributed by atoms with Crippen LogP contribution < -0.4 is 0 Å². The molecule has 0 aliphatic rings. The molecule has 0 N–H and O–H groups in total. The molecule has 9 aromatic carbocycles. The number of fused-ring (bicyclic) bond motifs is 6. The van der Waals surface area contributed by atoms with Crippen molar-refractivity contribution in [2.75, 3.05) is 0 Å². The third-order valence-corrected chi connectivity index (χ3v) is 8.64. The van der Waals surface area contributed by atoms with Gasteiger partial charge in [-0.1, -0.05) is 169 Å². The molecule has 0 spiro atoms. The van der Waals surface area contributed by atoms with E-state index >= 15 is 0 Å². The van der Waals surface area contributed by atoms with E-state index in [0.29, 0.717) is 16.7 Å². The fraction of sp³-hybridized carbons (Fsp3) is 0. The van der Waals surface area contributed by atoms with Crippen LogP contribution in [0.3, 0.4) is 0 Å². The van der Waals surface area contributed by atoms with Gasteiger partial charge in [0.15, 0.2) is 0 Å². The molecule has 1 heterocycles.